The van der Waals surface area contributed by atoms with E-state index in [4.69, 9.17) is 5.26 Å². The van der Waals surface area contributed by atoms with E-state index in [9.17, 15) is 0 Å². The summed E-state index contributed by atoms with van der Waals surface area (Å²) in [4.78, 5) is 5.65. The molecule has 1 aromatic heterocycles. The van der Waals surface area contributed by atoms with Gasteiger partial charge < -0.3 is 0 Å². The number of pyridine rings is 1. The topological polar surface area (TPSA) is 36.7 Å². The number of benzene rings is 2. The molecule has 0 N–H and O–H groups in total. The second-order valence-corrected chi connectivity index (χ2v) is 5.41. The van der Waals surface area contributed by atoms with E-state index in [-0.39, 0.29) is 0 Å². The van der Waals surface area contributed by atoms with Crippen LogP contribution >= 0.6 is 11.8 Å². The summed E-state index contributed by atoms with van der Waals surface area (Å²) in [5.41, 5.74) is 2.76. The van der Waals surface area contributed by atoms with Crippen LogP contribution in [0.1, 0.15) is 11.3 Å². The zero-order valence-corrected chi connectivity index (χ0v) is 11.6. The van der Waals surface area contributed by atoms with Gasteiger partial charge in [-0.05, 0) is 24.3 Å². The van der Waals surface area contributed by atoms with Crippen molar-refractivity contribution in [3.8, 4) is 6.07 Å². The van der Waals surface area contributed by atoms with Crippen LogP contribution in [0.3, 0.4) is 0 Å². The van der Waals surface area contributed by atoms with Gasteiger partial charge in [-0.15, -0.1) is 11.8 Å². The molecule has 96 valence electrons. The molecule has 20 heavy (non-hydrogen) atoms. The number of rotatable bonds is 3. The first-order valence-electron chi connectivity index (χ1n) is 6.33. The van der Waals surface area contributed by atoms with E-state index in [1.165, 1.54) is 0 Å². The van der Waals surface area contributed by atoms with Crippen LogP contribution in [0.15, 0.2) is 65.6 Å². The normalized spacial score (nSPS) is 10.3. The van der Waals surface area contributed by atoms with Crippen LogP contribution in [0.2, 0.25) is 0 Å². The molecule has 0 unspecified atom stereocenters. The number of hydrogen-bond donors (Lipinski definition) is 0. The van der Waals surface area contributed by atoms with Gasteiger partial charge in [0.2, 0.25) is 0 Å². The van der Waals surface area contributed by atoms with Crippen LogP contribution in [-0.4, -0.2) is 4.98 Å². The second-order valence-electron chi connectivity index (χ2n) is 4.39. The lowest BCUT2D eigenvalue weighted by molar-refractivity contribution is 1.22. The second kappa shape index (κ2) is 5.77. The first-order chi connectivity index (χ1) is 9.86. The molecule has 3 aromatic rings. The third-order valence-corrected chi connectivity index (χ3v) is 4.15. The van der Waals surface area contributed by atoms with Crippen molar-refractivity contribution >= 4 is 22.7 Å². The fourth-order valence-corrected chi connectivity index (χ4v) is 2.93. The molecule has 0 fully saturated rings. The number of nitriles is 1. The van der Waals surface area contributed by atoms with Crippen molar-refractivity contribution in [2.24, 2.45) is 0 Å². The highest BCUT2D eigenvalue weighted by molar-refractivity contribution is 7.98. The third-order valence-electron chi connectivity index (χ3n) is 3.04. The highest BCUT2D eigenvalue weighted by Crippen LogP contribution is 2.25. The molecule has 0 saturated heterocycles. The van der Waals surface area contributed by atoms with Gasteiger partial charge in [-0.25, -0.2) is 0 Å². The molecular formula is C17H12N2S. The lowest BCUT2D eigenvalue weighted by atomic mass is 10.2. The van der Waals surface area contributed by atoms with Crippen molar-refractivity contribution < 1.29 is 0 Å². The standard InChI is InChI=1S/C17H12N2S/c18-11-14-6-2-4-8-17(14)20-12-15-10-9-13-5-1-3-7-16(13)19-15/h1-10H,12H2. The van der Waals surface area contributed by atoms with Gasteiger partial charge in [0.05, 0.1) is 16.8 Å². The average Bonchev–Trinajstić information content (AvgIpc) is 2.53. The molecule has 0 bridgehead atoms. The molecule has 0 aliphatic heterocycles. The Morgan fingerprint density at radius 1 is 0.950 bits per heavy atom. The summed E-state index contributed by atoms with van der Waals surface area (Å²) in [6.07, 6.45) is 0. The van der Waals surface area contributed by atoms with Gasteiger partial charge in [-0.3, -0.25) is 4.98 Å². The Labute approximate surface area is 122 Å². The lowest BCUT2D eigenvalue weighted by Gasteiger charge is -2.04. The molecule has 0 saturated carbocycles. The van der Waals surface area contributed by atoms with E-state index >= 15 is 0 Å². The Bertz CT molecular complexity index is 790. The molecule has 1 heterocycles. The quantitative estimate of drug-likeness (QED) is 0.665. The zero-order valence-electron chi connectivity index (χ0n) is 10.8. The zero-order chi connectivity index (χ0) is 13.8. The molecule has 0 radical (unpaired) electrons. The minimum atomic E-state index is 0.721. The summed E-state index contributed by atoms with van der Waals surface area (Å²) in [6, 6.07) is 22.1. The molecule has 0 aliphatic carbocycles. The van der Waals surface area contributed by atoms with E-state index in [0.717, 1.165) is 32.8 Å². The summed E-state index contributed by atoms with van der Waals surface area (Å²) >= 11 is 1.65. The molecule has 0 aliphatic rings. The van der Waals surface area contributed by atoms with Gasteiger partial charge in [-0.1, -0.05) is 36.4 Å². The molecule has 3 heteroatoms. The predicted molar refractivity (Wildman–Crippen MR) is 82.5 cm³/mol. The summed E-state index contributed by atoms with van der Waals surface area (Å²) in [6.45, 7) is 0. The van der Waals surface area contributed by atoms with Crippen molar-refractivity contribution in [3.05, 3.63) is 71.9 Å². The van der Waals surface area contributed by atoms with Gasteiger partial charge in [0.15, 0.2) is 0 Å². The van der Waals surface area contributed by atoms with Crippen molar-refractivity contribution in [3.63, 3.8) is 0 Å². The first-order valence-corrected chi connectivity index (χ1v) is 7.32. The summed E-state index contributed by atoms with van der Waals surface area (Å²) < 4.78 is 0. The number of para-hydroxylation sites is 1. The van der Waals surface area contributed by atoms with Crippen LogP contribution in [0.5, 0.6) is 0 Å². The summed E-state index contributed by atoms with van der Waals surface area (Å²) in [5, 5.41) is 10.2. The largest absolute Gasteiger partial charge is 0.252 e. The van der Waals surface area contributed by atoms with Gasteiger partial charge in [0.25, 0.3) is 0 Å². The van der Waals surface area contributed by atoms with E-state index in [2.05, 4.69) is 23.2 Å². The van der Waals surface area contributed by atoms with Crippen LogP contribution in [-0.2, 0) is 5.75 Å². The van der Waals surface area contributed by atoms with Crippen molar-refractivity contribution in [1.82, 2.24) is 4.98 Å². The fraction of sp³-hybridized carbons (Fsp3) is 0.0588. The molecular weight excluding hydrogens is 264 g/mol. The minimum absolute atomic E-state index is 0.721. The van der Waals surface area contributed by atoms with Gasteiger partial charge in [0.1, 0.15) is 6.07 Å². The van der Waals surface area contributed by atoms with Crippen LogP contribution in [0.25, 0.3) is 10.9 Å². The van der Waals surface area contributed by atoms with Crippen molar-refractivity contribution in [1.29, 1.82) is 5.26 Å². The van der Waals surface area contributed by atoms with Crippen molar-refractivity contribution in [2.45, 2.75) is 10.6 Å². The summed E-state index contributed by atoms with van der Waals surface area (Å²) in [5.74, 6) is 0.767. The maximum Gasteiger partial charge on any atom is 0.100 e. The minimum Gasteiger partial charge on any atom is -0.252 e. The molecule has 3 rings (SSSR count). The van der Waals surface area contributed by atoms with E-state index in [0.29, 0.717) is 0 Å². The first kappa shape index (κ1) is 12.7. The smallest absolute Gasteiger partial charge is 0.100 e. The Morgan fingerprint density at radius 2 is 1.75 bits per heavy atom. The highest BCUT2D eigenvalue weighted by atomic mass is 32.2. The van der Waals surface area contributed by atoms with Gasteiger partial charge >= 0.3 is 0 Å². The lowest BCUT2D eigenvalue weighted by Crippen LogP contribution is -1.88. The number of thioether (sulfide) groups is 1. The Morgan fingerprint density at radius 3 is 2.65 bits per heavy atom. The average molecular weight is 276 g/mol. The van der Waals surface area contributed by atoms with E-state index < -0.39 is 0 Å². The Hall–Kier alpha value is -2.31. The number of nitrogens with zero attached hydrogens (tertiary/aromatic N) is 2. The third kappa shape index (κ3) is 2.66. The molecule has 0 amide bonds. The molecule has 2 nitrogen and oxygen atoms in total. The SMILES string of the molecule is N#Cc1ccccc1SCc1ccc2ccccc2n1. The summed E-state index contributed by atoms with van der Waals surface area (Å²) in [7, 11) is 0. The van der Waals surface area contributed by atoms with Crippen LogP contribution < -0.4 is 0 Å². The van der Waals surface area contributed by atoms with Crippen LogP contribution in [0.4, 0.5) is 0 Å². The Kier molecular flexibility index (Phi) is 3.67. The van der Waals surface area contributed by atoms with E-state index in [1.807, 2.05) is 48.5 Å². The fourth-order valence-electron chi connectivity index (χ4n) is 2.03. The maximum absolute atomic E-state index is 9.08. The number of aromatic nitrogens is 1. The predicted octanol–water partition coefficient (Wildman–Crippen LogP) is 4.40. The molecule has 2 aromatic carbocycles. The van der Waals surface area contributed by atoms with Gasteiger partial charge in [0, 0.05) is 16.0 Å². The highest BCUT2D eigenvalue weighted by Gasteiger charge is 2.03. The Balaban J connectivity index is 1.82. The molecule has 0 atom stereocenters. The van der Waals surface area contributed by atoms with Crippen molar-refractivity contribution in [2.75, 3.05) is 0 Å². The number of fused-ring (bicyclic) bond motifs is 1. The van der Waals surface area contributed by atoms with E-state index in [1.54, 1.807) is 11.8 Å². The molecule has 0 spiro atoms. The monoisotopic (exact) mass is 276 g/mol. The maximum atomic E-state index is 9.08. The number of hydrogen-bond acceptors (Lipinski definition) is 3. The van der Waals surface area contributed by atoms with Gasteiger partial charge in [-0.2, -0.15) is 5.26 Å². The van der Waals surface area contributed by atoms with Crippen LogP contribution in [0, 0.1) is 11.3 Å².